The number of ketones is 1. The molecule has 1 nitrogen and oxygen atoms in total. The van der Waals surface area contributed by atoms with Gasteiger partial charge in [0.2, 0.25) is 0 Å². The lowest BCUT2D eigenvalue weighted by molar-refractivity contribution is -0.124. The van der Waals surface area contributed by atoms with E-state index >= 15 is 0 Å². The normalized spacial score (nSPS) is 27.7. The molecule has 0 amide bonds. The van der Waals surface area contributed by atoms with Crippen LogP contribution >= 0.6 is 0 Å². The lowest BCUT2D eigenvalue weighted by Crippen LogP contribution is -2.29. The molecule has 0 aromatic rings. The SMILES string of the molecule is CC1(C)CCC2=C(CCC2)C1=O. The predicted molar refractivity (Wildman–Crippen MR) is 48.9 cm³/mol. The maximum atomic E-state index is 11.9. The van der Waals surface area contributed by atoms with Crippen LogP contribution in [0.4, 0.5) is 0 Å². The lowest BCUT2D eigenvalue weighted by Gasteiger charge is -2.29. The number of hydrogen-bond acceptors (Lipinski definition) is 1. The molecule has 2 aliphatic rings. The van der Waals surface area contributed by atoms with E-state index in [-0.39, 0.29) is 5.41 Å². The molecular formula is C11H16O. The fraction of sp³-hybridized carbons (Fsp3) is 0.727. The van der Waals surface area contributed by atoms with Crippen molar-refractivity contribution >= 4 is 5.78 Å². The summed E-state index contributed by atoms with van der Waals surface area (Å²) in [4.78, 5) is 11.9. The molecule has 1 heteroatoms. The second kappa shape index (κ2) is 2.45. The topological polar surface area (TPSA) is 17.1 Å². The van der Waals surface area contributed by atoms with Gasteiger partial charge < -0.3 is 0 Å². The average molecular weight is 164 g/mol. The van der Waals surface area contributed by atoms with E-state index in [4.69, 9.17) is 0 Å². The van der Waals surface area contributed by atoms with Gasteiger partial charge in [0.25, 0.3) is 0 Å². The van der Waals surface area contributed by atoms with Gasteiger partial charge in [-0.05, 0) is 37.7 Å². The molecule has 0 fully saturated rings. The molecule has 2 rings (SSSR count). The van der Waals surface area contributed by atoms with E-state index in [1.807, 2.05) is 0 Å². The Kier molecular flexibility index (Phi) is 1.64. The van der Waals surface area contributed by atoms with Crippen molar-refractivity contribution in [3.05, 3.63) is 11.1 Å². The minimum Gasteiger partial charge on any atom is -0.294 e. The molecule has 0 unspecified atom stereocenters. The van der Waals surface area contributed by atoms with Gasteiger partial charge in [0.15, 0.2) is 5.78 Å². The third-order valence-corrected chi connectivity index (χ3v) is 3.27. The van der Waals surface area contributed by atoms with E-state index in [1.165, 1.54) is 30.4 Å². The number of carbonyl (C=O) groups excluding carboxylic acids is 1. The quantitative estimate of drug-likeness (QED) is 0.538. The molecule has 0 heterocycles. The van der Waals surface area contributed by atoms with Gasteiger partial charge >= 0.3 is 0 Å². The summed E-state index contributed by atoms with van der Waals surface area (Å²) >= 11 is 0. The zero-order valence-corrected chi connectivity index (χ0v) is 7.94. The first kappa shape index (κ1) is 8.03. The van der Waals surface area contributed by atoms with Crippen LogP contribution in [0.1, 0.15) is 46.0 Å². The second-order valence-electron chi connectivity index (χ2n) is 4.65. The van der Waals surface area contributed by atoms with Crippen LogP contribution in [-0.4, -0.2) is 5.78 Å². The monoisotopic (exact) mass is 164 g/mol. The largest absolute Gasteiger partial charge is 0.294 e. The van der Waals surface area contributed by atoms with E-state index in [9.17, 15) is 4.79 Å². The molecule has 0 aromatic heterocycles. The van der Waals surface area contributed by atoms with Crippen molar-refractivity contribution in [3.63, 3.8) is 0 Å². The summed E-state index contributed by atoms with van der Waals surface area (Å²) in [6.45, 7) is 4.16. The highest BCUT2D eigenvalue weighted by Gasteiger charge is 2.36. The standard InChI is InChI=1S/C11H16O/c1-11(2)7-6-8-4-3-5-9(8)10(11)12/h3-7H2,1-2H3. The molecule has 0 bridgehead atoms. The Morgan fingerprint density at radius 2 is 1.92 bits per heavy atom. The zero-order chi connectivity index (χ0) is 8.77. The number of hydrogen-bond donors (Lipinski definition) is 0. The van der Waals surface area contributed by atoms with Crippen LogP contribution in [0.2, 0.25) is 0 Å². The van der Waals surface area contributed by atoms with Gasteiger partial charge in [-0.2, -0.15) is 0 Å². The van der Waals surface area contributed by atoms with Crippen molar-refractivity contribution < 1.29 is 4.79 Å². The van der Waals surface area contributed by atoms with Crippen LogP contribution in [0.3, 0.4) is 0 Å². The number of rotatable bonds is 0. The Morgan fingerprint density at radius 1 is 1.17 bits per heavy atom. The summed E-state index contributed by atoms with van der Waals surface area (Å²) in [7, 11) is 0. The summed E-state index contributed by atoms with van der Waals surface area (Å²) in [6, 6.07) is 0. The number of Topliss-reactive ketones (excluding diaryl/α,β-unsaturated/α-hetero) is 1. The molecule has 12 heavy (non-hydrogen) atoms. The van der Waals surface area contributed by atoms with Crippen molar-refractivity contribution in [2.24, 2.45) is 5.41 Å². The molecule has 0 saturated carbocycles. The Bertz CT molecular complexity index is 258. The Balaban J connectivity index is 2.35. The Hall–Kier alpha value is -0.590. The first-order valence-corrected chi connectivity index (χ1v) is 4.87. The lowest BCUT2D eigenvalue weighted by atomic mass is 9.74. The van der Waals surface area contributed by atoms with Crippen LogP contribution in [0, 0.1) is 5.41 Å². The molecule has 0 aromatic carbocycles. The maximum Gasteiger partial charge on any atom is 0.164 e. The molecule has 0 atom stereocenters. The van der Waals surface area contributed by atoms with Crippen LogP contribution in [0.5, 0.6) is 0 Å². The highest BCUT2D eigenvalue weighted by atomic mass is 16.1. The average Bonchev–Trinajstić information content (AvgIpc) is 2.45. The van der Waals surface area contributed by atoms with E-state index < -0.39 is 0 Å². The molecule has 2 aliphatic carbocycles. The molecule has 0 N–H and O–H groups in total. The van der Waals surface area contributed by atoms with Crippen molar-refractivity contribution in [2.75, 3.05) is 0 Å². The maximum absolute atomic E-state index is 11.9. The first-order chi connectivity index (χ1) is 5.61. The third kappa shape index (κ3) is 1.03. The highest BCUT2D eigenvalue weighted by molar-refractivity contribution is 6.01. The smallest absolute Gasteiger partial charge is 0.164 e. The van der Waals surface area contributed by atoms with Crippen LogP contribution < -0.4 is 0 Å². The molecule has 0 saturated heterocycles. The van der Waals surface area contributed by atoms with E-state index in [0.29, 0.717) is 5.78 Å². The first-order valence-electron chi connectivity index (χ1n) is 4.87. The minimum absolute atomic E-state index is 0.0663. The number of carbonyl (C=O) groups is 1. The number of allylic oxidation sites excluding steroid dienone is 2. The third-order valence-electron chi connectivity index (χ3n) is 3.27. The van der Waals surface area contributed by atoms with Crippen LogP contribution in [-0.2, 0) is 4.79 Å². The molecule has 0 spiro atoms. The minimum atomic E-state index is -0.0663. The summed E-state index contributed by atoms with van der Waals surface area (Å²) in [5.41, 5.74) is 2.59. The van der Waals surface area contributed by atoms with Crippen molar-refractivity contribution in [3.8, 4) is 0 Å². The van der Waals surface area contributed by atoms with E-state index in [0.717, 1.165) is 12.8 Å². The van der Waals surface area contributed by atoms with Gasteiger partial charge in [-0.1, -0.05) is 19.4 Å². The van der Waals surface area contributed by atoms with Gasteiger partial charge in [-0.25, -0.2) is 0 Å². The van der Waals surface area contributed by atoms with Gasteiger partial charge in [-0.15, -0.1) is 0 Å². The van der Waals surface area contributed by atoms with E-state index in [2.05, 4.69) is 13.8 Å². The summed E-state index contributed by atoms with van der Waals surface area (Å²) in [6.07, 6.45) is 5.69. The molecular weight excluding hydrogens is 148 g/mol. The van der Waals surface area contributed by atoms with E-state index in [1.54, 1.807) is 0 Å². The van der Waals surface area contributed by atoms with Gasteiger partial charge in [0, 0.05) is 5.41 Å². The highest BCUT2D eigenvalue weighted by Crippen LogP contribution is 2.42. The molecule has 66 valence electrons. The fourth-order valence-electron chi connectivity index (χ4n) is 2.34. The summed E-state index contributed by atoms with van der Waals surface area (Å²) in [5.74, 6) is 0.432. The van der Waals surface area contributed by atoms with Crippen molar-refractivity contribution in [1.82, 2.24) is 0 Å². The second-order valence-corrected chi connectivity index (χ2v) is 4.65. The van der Waals surface area contributed by atoms with Crippen molar-refractivity contribution in [1.29, 1.82) is 0 Å². The van der Waals surface area contributed by atoms with Gasteiger partial charge in [0.1, 0.15) is 0 Å². The Labute approximate surface area is 73.8 Å². The van der Waals surface area contributed by atoms with Crippen molar-refractivity contribution in [2.45, 2.75) is 46.0 Å². The fourth-order valence-corrected chi connectivity index (χ4v) is 2.34. The molecule has 0 radical (unpaired) electrons. The van der Waals surface area contributed by atoms with Crippen LogP contribution in [0.15, 0.2) is 11.1 Å². The summed E-state index contributed by atoms with van der Waals surface area (Å²) in [5, 5.41) is 0. The van der Waals surface area contributed by atoms with Crippen LogP contribution in [0.25, 0.3) is 0 Å². The Morgan fingerprint density at radius 3 is 2.67 bits per heavy atom. The molecule has 0 aliphatic heterocycles. The van der Waals surface area contributed by atoms with Gasteiger partial charge in [0.05, 0.1) is 0 Å². The van der Waals surface area contributed by atoms with Gasteiger partial charge in [-0.3, -0.25) is 4.79 Å². The predicted octanol–water partition coefficient (Wildman–Crippen LogP) is 2.86. The zero-order valence-electron chi connectivity index (χ0n) is 7.94. The summed E-state index contributed by atoms with van der Waals surface area (Å²) < 4.78 is 0.